The molecule has 1 saturated heterocycles. The maximum absolute atomic E-state index is 12.3. The predicted octanol–water partition coefficient (Wildman–Crippen LogP) is 2.61. The Bertz CT molecular complexity index is 556. The van der Waals surface area contributed by atoms with Crippen molar-refractivity contribution in [3.8, 4) is 0 Å². The van der Waals surface area contributed by atoms with Crippen molar-refractivity contribution in [3.05, 3.63) is 11.6 Å². The highest BCUT2D eigenvalue weighted by atomic mass is 16.6. The number of allylic oxidation sites excluding steroid dienone is 1. The lowest BCUT2D eigenvalue weighted by Gasteiger charge is -2.32. The summed E-state index contributed by atoms with van der Waals surface area (Å²) in [4.78, 5) is 37.6. The molecule has 1 fully saturated rings. The maximum atomic E-state index is 12.3. The van der Waals surface area contributed by atoms with Gasteiger partial charge in [0, 0.05) is 38.2 Å². The van der Waals surface area contributed by atoms with E-state index in [1.54, 1.807) is 26.8 Å². The van der Waals surface area contributed by atoms with Crippen LogP contribution in [0.2, 0.25) is 0 Å². The van der Waals surface area contributed by atoms with Crippen LogP contribution in [0.15, 0.2) is 11.6 Å². The van der Waals surface area contributed by atoms with Gasteiger partial charge in [0.2, 0.25) is 11.8 Å². The number of amides is 3. The molecule has 7 nitrogen and oxygen atoms in total. The Morgan fingerprint density at radius 1 is 1.19 bits per heavy atom. The summed E-state index contributed by atoms with van der Waals surface area (Å²) >= 11 is 0. The molecule has 1 aliphatic heterocycles. The van der Waals surface area contributed by atoms with Gasteiger partial charge in [-0.25, -0.2) is 4.79 Å². The Labute approximate surface area is 162 Å². The number of rotatable bonds is 6. The van der Waals surface area contributed by atoms with Crippen LogP contribution in [0.4, 0.5) is 4.79 Å². The lowest BCUT2D eigenvalue weighted by molar-refractivity contribution is -0.127. The number of nitrogens with one attached hydrogen (secondary N) is 2. The van der Waals surface area contributed by atoms with Gasteiger partial charge in [0.1, 0.15) is 5.60 Å². The molecule has 3 amide bonds. The molecular formula is C20H35N3O4. The molecule has 27 heavy (non-hydrogen) atoms. The minimum atomic E-state index is -0.555. The van der Waals surface area contributed by atoms with Gasteiger partial charge in [0.15, 0.2) is 0 Å². The highest BCUT2D eigenvalue weighted by Gasteiger charge is 2.23. The van der Waals surface area contributed by atoms with Crippen LogP contribution in [0, 0.1) is 5.92 Å². The van der Waals surface area contributed by atoms with Gasteiger partial charge in [-0.1, -0.05) is 19.4 Å². The monoisotopic (exact) mass is 381 g/mol. The second-order valence-electron chi connectivity index (χ2n) is 8.39. The van der Waals surface area contributed by atoms with Crippen LogP contribution in [0.1, 0.15) is 60.8 Å². The fraction of sp³-hybridized carbons (Fsp3) is 0.750. The van der Waals surface area contributed by atoms with Gasteiger partial charge < -0.3 is 20.3 Å². The second-order valence-corrected chi connectivity index (χ2v) is 8.39. The summed E-state index contributed by atoms with van der Waals surface area (Å²) in [6.45, 7) is 13.0. The molecule has 1 heterocycles. The standard InChI is InChI=1S/C20H35N3O4/c1-14(2)15(3)13-18(25)23-11-8-16(9-12-23)22-17(24)7-10-21-19(26)27-20(4,5)6/h13-14,16H,7-12H2,1-6H3,(H,21,26)(H,22,24)/b15-13+. The van der Waals surface area contributed by atoms with Crippen LogP contribution in [0.3, 0.4) is 0 Å². The molecule has 1 rings (SSSR count). The Hall–Kier alpha value is -2.05. The summed E-state index contributed by atoms with van der Waals surface area (Å²) in [5, 5.41) is 5.55. The van der Waals surface area contributed by atoms with Crippen molar-refractivity contribution in [3.63, 3.8) is 0 Å². The average Bonchev–Trinajstić information content (AvgIpc) is 2.53. The van der Waals surface area contributed by atoms with Crippen LogP contribution in [-0.2, 0) is 14.3 Å². The molecule has 2 N–H and O–H groups in total. The van der Waals surface area contributed by atoms with E-state index in [2.05, 4.69) is 24.5 Å². The van der Waals surface area contributed by atoms with E-state index in [-0.39, 0.29) is 30.8 Å². The fourth-order valence-electron chi connectivity index (χ4n) is 2.59. The molecule has 0 aromatic heterocycles. The highest BCUT2D eigenvalue weighted by molar-refractivity contribution is 5.88. The molecule has 154 valence electrons. The molecular weight excluding hydrogens is 346 g/mol. The van der Waals surface area contributed by atoms with Gasteiger partial charge in [0.05, 0.1) is 0 Å². The Morgan fingerprint density at radius 3 is 2.30 bits per heavy atom. The minimum Gasteiger partial charge on any atom is -0.444 e. The summed E-state index contributed by atoms with van der Waals surface area (Å²) in [5.74, 6) is 0.305. The van der Waals surface area contributed by atoms with Crippen molar-refractivity contribution in [2.75, 3.05) is 19.6 Å². The Morgan fingerprint density at radius 2 is 1.78 bits per heavy atom. The smallest absolute Gasteiger partial charge is 0.407 e. The van der Waals surface area contributed by atoms with E-state index in [4.69, 9.17) is 4.74 Å². The number of carbonyl (C=O) groups excluding carboxylic acids is 3. The van der Waals surface area contributed by atoms with E-state index in [0.717, 1.165) is 18.4 Å². The molecule has 0 aliphatic carbocycles. The molecule has 0 aromatic carbocycles. The molecule has 0 unspecified atom stereocenters. The molecule has 0 saturated carbocycles. The van der Waals surface area contributed by atoms with E-state index in [9.17, 15) is 14.4 Å². The number of piperidine rings is 1. The molecule has 7 heteroatoms. The van der Waals surface area contributed by atoms with Crippen molar-refractivity contribution >= 4 is 17.9 Å². The van der Waals surface area contributed by atoms with E-state index < -0.39 is 11.7 Å². The average molecular weight is 382 g/mol. The Kier molecular flexibility index (Phi) is 8.79. The molecule has 1 aliphatic rings. The molecule has 0 aromatic rings. The van der Waals surface area contributed by atoms with Crippen molar-refractivity contribution in [1.82, 2.24) is 15.5 Å². The quantitative estimate of drug-likeness (QED) is 0.692. The van der Waals surface area contributed by atoms with Gasteiger partial charge in [-0.2, -0.15) is 0 Å². The summed E-state index contributed by atoms with van der Waals surface area (Å²) in [6.07, 6.45) is 2.88. The second kappa shape index (κ2) is 10.3. The largest absolute Gasteiger partial charge is 0.444 e. The predicted molar refractivity (Wildman–Crippen MR) is 105 cm³/mol. The molecule has 0 radical (unpaired) electrons. The number of carbonyl (C=O) groups is 3. The SMILES string of the molecule is C/C(=C\C(=O)N1CCC(NC(=O)CCNC(=O)OC(C)(C)C)CC1)C(C)C. The van der Waals surface area contributed by atoms with Crippen LogP contribution < -0.4 is 10.6 Å². The normalized spacial score (nSPS) is 16.3. The van der Waals surface area contributed by atoms with Crippen LogP contribution in [-0.4, -0.2) is 54.1 Å². The zero-order chi connectivity index (χ0) is 20.6. The highest BCUT2D eigenvalue weighted by Crippen LogP contribution is 2.14. The van der Waals surface area contributed by atoms with Crippen molar-refractivity contribution in [2.24, 2.45) is 5.92 Å². The first kappa shape index (κ1) is 23.0. The number of nitrogens with zero attached hydrogens (tertiary/aromatic N) is 1. The third-order valence-corrected chi connectivity index (χ3v) is 4.45. The van der Waals surface area contributed by atoms with E-state index in [0.29, 0.717) is 19.0 Å². The molecule has 0 bridgehead atoms. The van der Waals surface area contributed by atoms with Gasteiger partial charge in [-0.05, 0) is 46.5 Å². The zero-order valence-corrected chi connectivity index (χ0v) is 17.6. The maximum Gasteiger partial charge on any atom is 0.407 e. The minimum absolute atomic E-state index is 0.0486. The molecule has 0 spiro atoms. The summed E-state index contributed by atoms with van der Waals surface area (Å²) in [7, 11) is 0. The first-order valence-electron chi connectivity index (χ1n) is 9.71. The third-order valence-electron chi connectivity index (χ3n) is 4.45. The first-order chi connectivity index (χ1) is 12.5. The van der Waals surface area contributed by atoms with E-state index in [1.165, 1.54) is 0 Å². The van der Waals surface area contributed by atoms with Crippen LogP contribution in [0.25, 0.3) is 0 Å². The Balaban J connectivity index is 2.28. The summed E-state index contributed by atoms with van der Waals surface area (Å²) < 4.78 is 5.12. The first-order valence-corrected chi connectivity index (χ1v) is 9.71. The van der Waals surface area contributed by atoms with Gasteiger partial charge in [-0.3, -0.25) is 9.59 Å². The number of ether oxygens (including phenoxy) is 1. The van der Waals surface area contributed by atoms with E-state index >= 15 is 0 Å². The van der Waals surface area contributed by atoms with Crippen molar-refractivity contribution < 1.29 is 19.1 Å². The topological polar surface area (TPSA) is 87.7 Å². The lowest BCUT2D eigenvalue weighted by atomic mass is 10.0. The number of hydrogen-bond acceptors (Lipinski definition) is 4. The number of likely N-dealkylation sites (tertiary alicyclic amines) is 1. The molecule has 0 atom stereocenters. The number of alkyl carbamates (subject to hydrolysis) is 1. The van der Waals surface area contributed by atoms with Gasteiger partial charge >= 0.3 is 6.09 Å². The van der Waals surface area contributed by atoms with E-state index in [1.807, 2.05) is 11.8 Å². The van der Waals surface area contributed by atoms with Crippen molar-refractivity contribution in [2.45, 2.75) is 72.4 Å². The summed E-state index contributed by atoms with van der Waals surface area (Å²) in [5.41, 5.74) is 0.522. The van der Waals surface area contributed by atoms with Crippen molar-refractivity contribution in [1.29, 1.82) is 0 Å². The van der Waals surface area contributed by atoms with Gasteiger partial charge in [0.25, 0.3) is 0 Å². The zero-order valence-electron chi connectivity index (χ0n) is 17.6. The third kappa shape index (κ3) is 9.45. The summed E-state index contributed by atoms with van der Waals surface area (Å²) in [6, 6.07) is 0.0678. The van der Waals surface area contributed by atoms with Crippen LogP contribution in [0.5, 0.6) is 0 Å². The van der Waals surface area contributed by atoms with Gasteiger partial charge in [-0.15, -0.1) is 0 Å². The lowest BCUT2D eigenvalue weighted by Crippen LogP contribution is -2.46. The number of hydrogen-bond donors (Lipinski definition) is 2. The fourth-order valence-corrected chi connectivity index (χ4v) is 2.59. The van der Waals surface area contributed by atoms with Crippen LogP contribution >= 0.6 is 0 Å².